The molecule has 2 aliphatic heterocycles. The molecule has 1 saturated heterocycles. The van der Waals surface area contributed by atoms with Crippen LogP contribution in [0.15, 0.2) is 18.2 Å². The zero-order valence-electron chi connectivity index (χ0n) is 13.4. The van der Waals surface area contributed by atoms with Gasteiger partial charge in [-0.2, -0.15) is 0 Å². The number of hydrogen-bond donors (Lipinski definition) is 0. The van der Waals surface area contributed by atoms with Crippen LogP contribution in [-0.2, 0) is 9.59 Å². The third-order valence-electron chi connectivity index (χ3n) is 4.37. The predicted octanol–water partition coefficient (Wildman–Crippen LogP) is 1.58. The van der Waals surface area contributed by atoms with Gasteiger partial charge in [0.05, 0.1) is 23.2 Å². The molecule has 8 nitrogen and oxygen atoms in total. The Balaban J connectivity index is 1.78. The summed E-state index contributed by atoms with van der Waals surface area (Å²) in [5.74, 6) is 0.0348. The number of rotatable bonds is 3. The van der Waals surface area contributed by atoms with Gasteiger partial charge in [0.1, 0.15) is 6.54 Å². The fourth-order valence-electron chi connectivity index (χ4n) is 3.18. The van der Waals surface area contributed by atoms with E-state index in [4.69, 9.17) is 4.74 Å². The molecule has 2 heterocycles. The number of piperidine rings is 1. The maximum absolute atomic E-state index is 12.5. The van der Waals surface area contributed by atoms with E-state index in [9.17, 15) is 19.7 Å². The number of non-ortho nitro benzene ring substituents is 1. The van der Waals surface area contributed by atoms with Gasteiger partial charge in [-0.25, -0.2) is 4.79 Å². The van der Waals surface area contributed by atoms with Crippen LogP contribution in [0.25, 0.3) is 0 Å². The molecule has 24 heavy (non-hydrogen) atoms. The molecule has 0 spiro atoms. The van der Waals surface area contributed by atoms with Crippen molar-refractivity contribution < 1.29 is 19.2 Å². The number of likely N-dealkylation sites (tertiary alicyclic amines) is 1. The Morgan fingerprint density at radius 1 is 1.46 bits per heavy atom. The predicted molar refractivity (Wildman–Crippen MR) is 85.9 cm³/mol. The first kappa shape index (κ1) is 16.2. The Kier molecular flexibility index (Phi) is 4.37. The molecular weight excluding hydrogens is 314 g/mol. The molecule has 3 rings (SSSR count). The Labute approximate surface area is 139 Å². The zero-order chi connectivity index (χ0) is 17.3. The highest BCUT2D eigenvalue weighted by molar-refractivity contribution is 5.89. The fourth-order valence-corrected chi connectivity index (χ4v) is 3.18. The number of nitro benzene ring substituents is 1. The number of nitrogens with zero attached hydrogens (tertiary/aromatic N) is 3. The summed E-state index contributed by atoms with van der Waals surface area (Å²) in [5, 5.41) is 10.9. The van der Waals surface area contributed by atoms with Crippen LogP contribution in [0.5, 0.6) is 5.75 Å². The van der Waals surface area contributed by atoms with Crippen molar-refractivity contribution in [1.29, 1.82) is 0 Å². The number of benzene rings is 1. The number of fused-ring (bicyclic) bond motifs is 1. The number of nitro groups is 1. The zero-order valence-corrected chi connectivity index (χ0v) is 13.4. The maximum atomic E-state index is 12.5. The number of hydrogen-bond acceptors (Lipinski definition) is 6. The average molecular weight is 333 g/mol. The number of amides is 1. The lowest BCUT2D eigenvalue weighted by Crippen LogP contribution is -2.47. The molecule has 2 aliphatic rings. The van der Waals surface area contributed by atoms with E-state index in [0.717, 1.165) is 25.9 Å². The second kappa shape index (κ2) is 6.46. The van der Waals surface area contributed by atoms with Gasteiger partial charge in [-0.3, -0.25) is 14.9 Å². The van der Waals surface area contributed by atoms with Crippen LogP contribution in [0.1, 0.15) is 19.8 Å². The van der Waals surface area contributed by atoms with Crippen molar-refractivity contribution in [3.63, 3.8) is 0 Å². The Hall–Kier alpha value is -2.64. The highest BCUT2D eigenvalue weighted by atomic mass is 16.6. The molecule has 0 aliphatic carbocycles. The van der Waals surface area contributed by atoms with Crippen molar-refractivity contribution >= 4 is 23.3 Å². The first-order valence-electron chi connectivity index (χ1n) is 7.96. The summed E-state index contributed by atoms with van der Waals surface area (Å²) in [5.41, 5.74) is 0.373. The van der Waals surface area contributed by atoms with E-state index in [1.54, 1.807) is 4.90 Å². The second-order valence-electron chi connectivity index (χ2n) is 6.33. The summed E-state index contributed by atoms with van der Waals surface area (Å²) in [7, 11) is 0. The van der Waals surface area contributed by atoms with Crippen molar-refractivity contribution in [2.75, 3.05) is 31.1 Å². The molecule has 8 heteroatoms. The first-order valence-corrected chi connectivity index (χ1v) is 7.96. The summed E-state index contributed by atoms with van der Waals surface area (Å²) in [6.07, 6.45) is 2.10. The molecule has 1 unspecified atom stereocenters. The van der Waals surface area contributed by atoms with Crippen molar-refractivity contribution in [3.05, 3.63) is 28.3 Å². The fraction of sp³-hybridized carbons (Fsp3) is 0.500. The standard InChI is InChI=1S/C16H19N3O5/c1-11-3-2-6-17(8-11)15(20)9-18-10-16(21)24-14-7-12(19(22)23)4-5-13(14)18/h4-5,7,11H,2-3,6,8-10H2,1H3. The summed E-state index contributed by atoms with van der Waals surface area (Å²) < 4.78 is 5.09. The Bertz CT molecular complexity index is 690. The highest BCUT2D eigenvalue weighted by Crippen LogP contribution is 2.35. The topological polar surface area (TPSA) is 93.0 Å². The van der Waals surface area contributed by atoms with Crippen molar-refractivity contribution in [1.82, 2.24) is 4.90 Å². The minimum atomic E-state index is -0.548. The van der Waals surface area contributed by atoms with Gasteiger partial charge in [0.15, 0.2) is 5.75 Å². The van der Waals surface area contributed by atoms with E-state index >= 15 is 0 Å². The maximum Gasteiger partial charge on any atom is 0.331 e. The van der Waals surface area contributed by atoms with Crippen LogP contribution in [0.3, 0.4) is 0 Å². The molecule has 0 saturated carbocycles. The SMILES string of the molecule is CC1CCCN(C(=O)CN2CC(=O)Oc3cc([N+](=O)[O-])ccc32)C1. The first-order chi connectivity index (χ1) is 11.4. The molecule has 1 amide bonds. The van der Waals surface area contributed by atoms with Crippen molar-refractivity contribution in [3.8, 4) is 5.75 Å². The lowest BCUT2D eigenvalue weighted by atomic mass is 10.0. The number of carbonyl (C=O) groups is 2. The van der Waals surface area contributed by atoms with E-state index < -0.39 is 10.9 Å². The van der Waals surface area contributed by atoms with Gasteiger partial charge in [-0.15, -0.1) is 0 Å². The van der Waals surface area contributed by atoms with E-state index in [1.165, 1.54) is 18.2 Å². The van der Waals surface area contributed by atoms with Crippen molar-refractivity contribution in [2.24, 2.45) is 5.92 Å². The molecule has 1 atom stereocenters. The quantitative estimate of drug-likeness (QED) is 0.361. The molecule has 0 N–H and O–H groups in total. The van der Waals surface area contributed by atoms with Crippen LogP contribution >= 0.6 is 0 Å². The lowest BCUT2D eigenvalue weighted by molar-refractivity contribution is -0.384. The largest absolute Gasteiger partial charge is 0.423 e. The molecule has 128 valence electrons. The Morgan fingerprint density at radius 2 is 2.25 bits per heavy atom. The van der Waals surface area contributed by atoms with Gasteiger partial charge in [-0.1, -0.05) is 6.92 Å². The normalized spacial score (nSPS) is 20.4. The van der Waals surface area contributed by atoms with Gasteiger partial charge < -0.3 is 14.5 Å². The third-order valence-corrected chi connectivity index (χ3v) is 4.37. The van der Waals surface area contributed by atoms with Crippen LogP contribution in [0, 0.1) is 16.0 Å². The van der Waals surface area contributed by atoms with Crippen molar-refractivity contribution in [2.45, 2.75) is 19.8 Å². The Morgan fingerprint density at radius 3 is 2.96 bits per heavy atom. The number of anilines is 1. The highest BCUT2D eigenvalue weighted by Gasteiger charge is 2.29. The van der Waals surface area contributed by atoms with Crippen LogP contribution in [0.4, 0.5) is 11.4 Å². The minimum absolute atomic E-state index is 0.0412. The van der Waals surface area contributed by atoms with Gasteiger partial charge in [0, 0.05) is 19.2 Å². The summed E-state index contributed by atoms with van der Waals surface area (Å²) >= 11 is 0. The molecule has 0 bridgehead atoms. The number of ether oxygens (including phenoxy) is 1. The van der Waals surface area contributed by atoms with E-state index in [-0.39, 0.29) is 30.4 Å². The van der Waals surface area contributed by atoms with Gasteiger partial charge >= 0.3 is 5.97 Å². The van der Waals surface area contributed by atoms with E-state index in [0.29, 0.717) is 11.6 Å². The molecule has 0 aromatic heterocycles. The van der Waals surface area contributed by atoms with Gasteiger partial charge in [0.25, 0.3) is 5.69 Å². The smallest absolute Gasteiger partial charge is 0.331 e. The summed E-state index contributed by atoms with van der Waals surface area (Å²) in [6.45, 7) is 3.59. The minimum Gasteiger partial charge on any atom is -0.423 e. The third kappa shape index (κ3) is 3.32. The van der Waals surface area contributed by atoms with E-state index in [1.807, 2.05) is 4.90 Å². The monoisotopic (exact) mass is 333 g/mol. The average Bonchev–Trinajstić information content (AvgIpc) is 2.54. The second-order valence-corrected chi connectivity index (χ2v) is 6.33. The van der Waals surface area contributed by atoms with Gasteiger partial charge in [0.2, 0.25) is 5.91 Å². The van der Waals surface area contributed by atoms with E-state index in [2.05, 4.69) is 6.92 Å². The summed E-state index contributed by atoms with van der Waals surface area (Å²) in [4.78, 5) is 38.0. The molecule has 1 aromatic rings. The lowest BCUT2D eigenvalue weighted by Gasteiger charge is -2.34. The summed E-state index contributed by atoms with van der Waals surface area (Å²) in [6, 6.07) is 4.08. The van der Waals surface area contributed by atoms with Crippen LogP contribution < -0.4 is 9.64 Å². The molecule has 1 fully saturated rings. The molecule has 1 aromatic carbocycles. The van der Waals surface area contributed by atoms with Crippen LogP contribution in [0.2, 0.25) is 0 Å². The molecule has 0 radical (unpaired) electrons. The van der Waals surface area contributed by atoms with Crippen LogP contribution in [-0.4, -0.2) is 47.9 Å². The van der Waals surface area contributed by atoms with Gasteiger partial charge in [-0.05, 0) is 24.8 Å². The number of esters is 1. The molecular formula is C16H19N3O5. The number of carbonyl (C=O) groups excluding carboxylic acids is 2.